The van der Waals surface area contributed by atoms with Crippen LogP contribution in [0, 0.1) is 5.41 Å². The van der Waals surface area contributed by atoms with Gasteiger partial charge in [-0.1, -0.05) is 13.8 Å². The summed E-state index contributed by atoms with van der Waals surface area (Å²) in [6, 6.07) is 0. The van der Waals surface area contributed by atoms with Gasteiger partial charge in [-0.05, 0) is 6.92 Å². The molecule has 124 valence electrons. The molecule has 0 aliphatic heterocycles. The number of aliphatic hydroxyl groups excluding tert-OH is 1. The molecule has 0 aromatic carbocycles. The highest BCUT2D eigenvalue weighted by Gasteiger charge is 2.35. The van der Waals surface area contributed by atoms with E-state index in [2.05, 4.69) is 10.6 Å². The van der Waals surface area contributed by atoms with Crippen molar-refractivity contribution in [2.45, 2.75) is 33.3 Å². The van der Waals surface area contributed by atoms with Gasteiger partial charge < -0.3 is 25.2 Å². The van der Waals surface area contributed by atoms with Gasteiger partial charge >= 0.3 is 7.60 Å². The number of aliphatic hydroxyl groups is 1. The summed E-state index contributed by atoms with van der Waals surface area (Å²) in [5, 5.41) is 15.0. The Bertz CT molecular complexity index is 407. The van der Waals surface area contributed by atoms with Crippen LogP contribution in [0.3, 0.4) is 0 Å². The van der Waals surface area contributed by atoms with E-state index in [-0.39, 0.29) is 25.5 Å². The van der Waals surface area contributed by atoms with Crippen molar-refractivity contribution in [2.24, 2.45) is 5.41 Å². The first-order chi connectivity index (χ1) is 9.49. The first-order valence-corrected chi connectivity index (χ1v) is 8.69. The molecule has 2 atom stereocenters. The van der Waals surface area contributed by atoms with Crippen LogP contribution < -0.4 is 10.6 Å². The summed E-state index contributed by atoms with van der Waals surface area (Å²) < 4.78 is 15.8. The lowest BCUT2D eigenvalue weighted by Gasteiger charge is -2.29. The largest absolute Gasteiger partial charge is 0.383 e. The molecular weight excluding hydrogens is 299 g/mol. The van der Waals surface area contributed by atoms with E-state index in [9.17, 15) is 19.3 Å². The van der Waals surface area contributed by atoms with Crippen LogP contribution in [-0.4, -0.2) is 54.3 Å². The fourth-order valence-electron chi connectivity index (χ4n) is 1.40. The molecule has 0 aliphatic carbocycles. The van der Waals surface area contributed by atoms with Crippen molar-refractivity contribution >= 4 is 19.4 Å². The lowest BCUT2D eigenvalue weighted by Crippen LogP contribution is -2.46. The Labute approximate surface area is 124 Å². The van der Waals surface area contributed by atoms with Crippen LogP contribution in [0.15, 0.2) is 0 Å². The maximum atomic E-state index is 11.8. The van der Waals surface area contributed by atoms with Crippen molar-refractivity contribution in [3.63, 3.8) is 0 Å². The molecule has 8 nitrogen and oxygen atoms in total. The molecule has 0 rings (SSSR count). The number of hydrogen-bond acceptors (Lipinski definition) is 5. The molecule has 0 saturated carbocycles. The Balaban J connectivity index is 4.29. The van der Waals surface area contributed by atoms with Crippen LogP contribution in [0.5, 0.6) is 0 Å². The molecule has 9 heteroatoms. The molecule has 0 fully saturated rings. The molecule has 4 N–H and O–H groups in total. The SMILES string of the molecule is CCNC(=O)CCNC(=O)C(O)C(C)(C)COP(C)(=O)O. The second-order valence-corrected chi connectivity index (χ2v) is 7.33. The van der Waals surface area contributed by atoms with Crippen LogP contribution in [0.2, 0.25) is 0 Å². The number of carbonyl (C=O) groups excluding carboxylic acids is 2. The molecule has 0 bridgehead atoms. The predicted molar refractivity (Wildman–Crippen MR) is 77.8 cm³/mol. The summed E-state index contributed by atoms with van der Waals surface area (Å²) in [6.07, 6.45) is -1.30. The maximum absolute atomic E-state index is 11.8. The van der Waals surface area contributed by atoms with Crippen LogP contribution in [0.25, 0.3) is 0 Å². The van der Waals surface area contributed by atoms with Gasteiger partial charge in [0, 0.05) is 31.6 Å². The average molecular weight is 324 g/mol. The first kappa shape index (κ1) is 20.1. The molecule has 0 spiro atoms. The highest BCUT2D eigenvalue weighted by Crippen LogP contribution is 2.39. The zero-order valence-corrected chi connectivity index (χ0v) is 13.8. The second-order valence-electron chi connectivity index (χ2n) is 5.46. The van der Waals surface area contributed by atoms with Gasteiger partial charge in [-0.3, -0.25) is 14.2 Å². The number of amides is 2. The van der Waals surface area contributed by atoms with Gasteiger partial charge in [-0.25, -0.2) is 0 Å². The fourth-order valence-corrected chi connectivity index (χ4v) is 1.97. The van der Waals surface area contributed by atoms with Gasteiger partial charge in [-0.2, -0.15) is 0 Å². The van der Waals surface area contributed by atoms with Gasteiger partial charge in [-0.15, -0.1) is 0 Å². The topological polar surface area (TPSA) is 125 Å². The van der Waals surface area contributed by atoms with E-state index in [4.69, 9.17) is 9.42 Å². The highest BCUT2D eigenvalue weighted by molar-refractivity contribution is 7.51. The number of nitrogens with one attached hydrogen (secondary N) is 2. The smallest absolute Gasteiger partial charge is 0.325 e. The minimum Gasteiger partial charge on any atom is -0.383 e. The van der Waals surface area contributed by atoms with Crippen molar-refractivity contribution in [3.8, 4) is 0 Å². The number of hydrogen-bond donors (Lipinski definition) is 4. The monoisotopic (exact) mass is 324 g/mol. The average Bonchev–Trinajstić information content (AvgIpc) is 2.35. The van der Waals surface area contributed by atoms with Crippen molar-refractivity contribution < 1.29 is 28.7 Å². The lowest BCUT2D eigenvalue weighted by molar-refractivity contribution is -0.136. The van der Waals surface area contributed by atoms with E-state index >= 15 is 0 Å². The second kappa shape index (κ2) is 8.48. The lowest BCUT2D eigenvalue weighted by atomic mass is 9.87. The Kier molecular flexibility index (Phi) is 8.10. The van der Waals surface area contributed by atoms with Crippen molar-refractivity contribution in [1.82, 2.24) is 10.6 Å². The Morgan fingerprint density at radius 2 is 1.90 bits per heavy atom. The molecule has 0 radical (unpaired) electrons. The van der Waals surface area contributed by atoms with Crippen LogP contribution in [0.4, 0.5) is 0 Å². The standard InChI is InChI=1S/C12H25N2O6P/c1-5-13-9(15)6-7-14-11(17)10(16)12(2,3)8-20-21(4,18)19/h10,16H,5-8H2,1-4H3,(H,13,15)(H,14,17)(H,18,19). The van der Waals surface area contributed by atoms with Crippen LogP contribution >= 0.6 is 7.60 Å². The van der Waals surface area contributed by atoms with Gasteiger partial charge in [0.05, 0.1) is 6.61 Å². The third-order valence-electron chi connectivity index (χ3n) is 2.69. The van der Waals surface area contributed by atoms with Gasteiger partial charge in [0.2, 0.25) is 11.8 Å². The Hall–Kier alpha value is -0.950. The van der Waals surface area contributed by atoms with Gasteiger partial charge in [0.1, 0.15) is 6.10 Å². The Morgan fingerprint density at radius 1 is 1.33 bits per heavy atom. The summed E-state index contributed by atoms with van der Waals surface area (Å²) >= 11 is 0. The minimum atomic E-state index is -3.67. The number of rotatable bonds is 9. The quantitative estimate of drug-likeness (QED) is 0.437. The van der Waals surface area contributed by atoms with Crippen LogP contribution in [0.1, 0.15) is 27.2 Å². The molecule has 21 heavy (non-hydrogen) atoms. The van der Waals surface area contributed by atoms with E-state index < -0.39 is 25.0 Å². The molecule has 0 aromatic heterocycles. The first-order valence-electron chi connectivity index (χ1n) is 6.67. The summed E-state index contributed by atoms with van der Waals surface area (Å²) in [6.45, 7) is 6.26. The molecule has 2 amide bonds. The normalized spacial score (nSPS) is 15.9. The Morgan fingerprint density at radius 3 is 2.38 bits per heavy atom. The molecule has 0 heterocycles. The molecule has 0 saturated heterocycles. The summed E-state index contributed by atoms with van der Waals surface area (Å²) in [4.78, 5) is 32.0. The predicted octanol–water partition coefficient (Wildman–Crippen LogP) is -0.152. The zero-order valence-electron chi connectivity index (χ0n) is 12.9. The summed E-state index contributed by atoms with van der Waals surface area (Å²) in [5.74, 6) is -0.848. The molecule has 0 aliphatic rings. The van der Waals surface area contributed by atoms with Crippen LogP contribution in [-0.2, 0) is 18.7 Å². The van der Waals surface area contributed by atoms with E-state index in [1.54, 1.807) is 6.92 Å². The van der Waals surface area contributed by atoms with Crippen molar-refractivity contribution in [1.29, 1.82) is 0 Å². The molecule has 0 aromatic rings. The van der Waals surface area contributed by atoms with E-state index in [0.29, 0.717) is 6.54 Å². The fraction of sp³-hybridized carbons (Fsp3) is 0.833. The van der Waals surface area contributed by atoms with E-state index in [1.165, 1.54) is 13.8 Å². The van der Waals surface area contributed by atoms with Gasteiger partial charge in [0.25, 0.3) is 0 Å². The summed E-state index contributed by atoms with van der Waals surface area (Å²) in [5.41, 5.74) is -1.04. The number of carbonyl (C=O) groups is 2. The zero-order chi connectivity index (χ0) is 16.7. The van der Waals surface area contributed by atoms with Crippen molar-refractivity contribution in [3.05, 3.63) is 0 Å². The van der Waals surface area contributed by atoms with Crippen molar-refractivity contribution in [2.75, 3.05) is 26.4 Å². The highest BCUT2D eigenvalue weighted by atomic mass is 31.2. The molecular formula is C12H25N2O6P. The molecule has 2 unspecified atom stereocenters. The third-order valence-corrected chi connectivity index (χ3v) is 3.30. The minimum absolute atomic E-state index is 0.102. The van der Waals surface area contributed by atoms with Gasteiger partial charge in [0.15, 0.2) is 0 Å². The third kappa shape index (κ3) is 8.83. The maximum Gasteiger partial charge on any atom is 0.325 e. The van der Waals surface area contributed by atoms with E-state index in [1.807, 2.05) is 0 Å². The van der Waals surface area contributed by atoms with E-state index in [0.717, 1.165) is 6.66 Å². The summed E-state index contributed by atoms with van der Waals surface area (Å²) in [7, 11) is -3.67.